The highest BCUT2D eigenvalue weighted by atomic mass is 16.3. The Labute approximate surface area is 540 Å². The molecule has 29 heteroatoms. The summed E-state index contributed by atoms with van der Waals surface area (Å²) in [6, 6.07) is 0. The Balaban J connectivity index is 0.000000419. The van der Waals surface area contributed by atoms with Crippen molar-refractivity contribution in [3.05, 3.63) is 109 Å². The fourth-order valence-electron chi connectivity index (χ4n) is 7.10. The molecule has 0 bridgehead atoms. The summed E-state index contributed by atoms with van der Waals surface area (Å²) in [4.78, 5) is 127. The number of imidazole rings is 4. The Bertz CT molecular complexity index is 5300. The van der Waals surface area contributed by atoms with Gasteiger partial charge in [0, 0.05) is 139 Å². The van der Waals surface area contributed by atoms with Crippen LogP contribution in [0.3, 0.4) is 0 Å². The Morgan fingerprint density at radius 3 is 0.917 bits per heavy atom. The van der Waals surface area contributed by atoms with Crippen molar-refractivity contribution >= 4 is 50.4 Å². The fraction of sp³-hybridized carbons (Fsp3) is 0.618. The smallest absolute Gasteiger partial charge is 0.332 e. The van der Waals surface area contributed by atoms with Crippen LogP contribution in [0.15, 0.2) is 63.6 Å². The van der Waals surface area contributed by atoms with Crippen LogP contribution in [0.5, 0.6) is 0 Å². The Morgan fingerprint density at radius 2 is 0.726 bits per heavy atom. The number of carbonyl (C=O) groups excluding carboxylic acids is 1. The van der Waals surface area contributed by atoms with Crippen LogP contribution in [0, 0.1) is 0 Å². The van der Waals surface area contributed by atoms with E-state index in [2.05, 4.69) is 25.0 Å². The molecule has 0 aromatic carbocycles. The van der Waals surface area contributed by atoms with Crippen LogP contribution < -0.4 is 45.0 Å². The third-order valence-corrected chi connectivity index (χ3v) is 10.8. The number of aliphatic hydroxyl groups is 4. The van der Waals surface area contributed by atoms with Crippen molar-refractivity contribution in [1.82, 2.24) is 74.7 Å². The molecule has 0 aliphatic carbocycles. The number of aliphatic hydroxyl groups excluding tert-OH is 1. The first-order valence-corrected chi connectivity index (χ1v) is 24.1. The first-order chi connectivity index (χ1) is 54.8. The molecule has 0 aliphatic rings. The zero-order chi connectivity index (χ0) is 96.3. The number of aromatic nitrogens is 16. The van der Waals surface area contributed by atoms with E-state index in [9.17, 15) is 58.5 Å². The molecule has 0 aliphatic heterocycles. The van der Waals surface area contributed by atoms with Gasteiger partial charge in [-0.1, -0.05) is 7.43 Å². The summed E-state index contributed by atoms with van der Waals surface area (Å²) in [6.45, 7) is -20.7. The van der Waals surface area contributed by atoms with Gasteiger partial charge in [-0.3, -0.25) is 55.7 Å². The van der Waals surface area contributed by atoms with E-state index < -0.39 is 266 Å². The lowest BCUT2D eigenvalue weighted by molar-refractivity contribution is -0.117. The first kappa shape index (κ1) is 30.8. The van der Waals surface area contributed by atoms with Crippen molar-refractivity contribution < 1.29 is 78.7 Å². The normalized spacial score (nSPS) is 22.1. The van der Waals surface area contributed by atoms with Crippen molar-refractivity contribution in [1.29, 1.82) is 1.43 Å². The molecule has 8 heterocycles. The monoisotopic (exact) mass is 1220 g/mol. The maximum Gasteiger partial charge on any atom is 0.332 e. The van der Waals surface area contributed by atoms with Crippen LogP contribution in [0.25, 0.3) is 44.7 Å². The van der Waals surface area contributed by atoms with Gasteiger partial charge in [0.25, 0.3) is 22.2 Å². The topological polar surface area (TPSA) is 345 Å². The Hall–Kier alpha value is -7.89. The highest BCUT2D eigenvalue weighted by Gasteiger charge is 2.18. The average Bonchev–Trinajstić information content (AvgIpc) is 1.58. The van der Waals surface area contributed by atoms with Crippen LogP contribution in [0.2, 0.25) is 0 Å². The Morgan fingerprint density at radius 1 is 0.488 bits per heavy atom. The van der Waals surface area contributed by atoms with Gasteiger partial charge in [-0.2, -0.15) is 0 Å². The lowest BCUT2D eigenvalue weighted by Crippen LogP contribution is -2.39. The summed E-state index contributed by atoms with van der Waals surface area (Å²) in [6.07, 6.45) is -23.1. The van der Waals surface area contributed by atoms with Gasteiger partial charge >= 0.3 is 22.8 Å². The van der Waals surface area contributed by atoms with Crippen LogP contribution in [0.4, 0.5) is 0 Å². The SMILES string of the molecule is C.[2H]OCC.[2H]c1nc2c(c(=O)n(CCCC([2H])([2H])C(C)=O)c(=O)n2C([2H])([2H])[2H])n1C([2H])([2H])[2H].[2H]c1nc2c(c(=O)n(CCCC([2H])([2H])C([2H])(C)O)c(=O)n2C([2H])([2H])[2H])n1C([2H])([2H])[2H].[2H]c1nc2c(c(=O)n(CCCC([2H])([2H])[C@@]([2H])(C)O)c(=O)n2C([2H])([2H])[2H])n1C([2H])([2H])[2H].[2H]c1nc2c(c(=O)n(CCCC([2H])([2H])[C@]([2H])(C)O)c(=O)n2C([2H])([2H])[2H])n1C([2H])([2H])[2H]. The van der Waals surface area contributed by atoms with E-state index in [1.54, 1.807) is 6.92 Å². The predicted molar refractivity (Wildman–Crippen MR) is 321 cm³/mol. The molecule has 0 saturated heterocycles. The standard InChI is InChI=1S/3C13H20N4O3.C13H18N4O3.C2H6O.CH4/c4*1-9(18)6-4-5-7-17-12(19)10-11(14-8-15(10)2)16(3)13(17)20;1-2-3;/h3*8-9,18H,4-7H2,1-3H3;8H,4-7H2,1-3H3;3H,2H2,1H3;1H4/t2*9-;;;;/m10..../s1/i3*2D3,3D3,6D2,8D,9D;2D3,3D3,6D2,8D;3D;. The molecule has 8 aromatic rings. The van der Waals surface area contributed by atoms with Gasteiger partial charge in [0.1, 0.15) is 11.3 Å². The van der Waals surface area contributed by atoms with Crippen LogP contribution in [0.1, 0.15) is 172 Å². The van der Waals surface area contributed by atoms with Gasteiger partial charge in [0.05, 0.1) is 47.6 Å². The molecule has 3 atom stereocenters. The van der Waals surface area contributed by atoms with E-state index in [0.717, 1.165) is 27.7 Å². The quantitative estimate of drug-likeness (QED) is 0.0772. The predicted octanol–water partition coefficient (Wildman–Crippen LogP) is 0.782. The molecule has 0 amide bonds. The van der Waals surface area contributed by atoms with Gasteiger partial charge in [-0.15, -0.1) is 0 Å². The van der Waals surface area contributed by atoms with E-state index in [1.807, 2.05) is 0 Å². The minimum Gasteiger partial charge on any atom is -0.397 e. The number of hydrogen-bond acceptors (Lipinski definition) is 17. The van der Waals surface area contributed by atoms with E-state index >= 15 is 0 Å². The molecule has 0 saturated carbocycles. The lowest BCUT2D eigenvalue weighted by Gasteiger charge is -2.09. The van der Waals surface area contributed by atoms with E-state index in [0.29, 0.717) is 24.9 Å². The molecule has 0 spiro atoms. The van der Waals surface area contributed by atoms with Gasteiger partial charge in [0.15, 0.2) is 44.7 Å². The summed E-state index contributed by atoms with van der Waals surface area (Å²) in [5, 5.41) is 32.5. The van der Waals surface area contributed by atoms with E-state index in [4.69, 9.17) is 54.9 Å². The van der Waals surface area contributed by atoms with Crippen LogP contribution in [-0.2, 0) is 86.8 Å². The summed E-state index contributed by atoms with van der Waals surface area (Å²) < 4.78 is 305. The second-order valence-corrected chi connectivity index (χ2v) is 16.9. The maximum absolute atomic E-state index is 12.9. The number of fused-ring (bicyclic) bond motifs is 4. The van der Waals surface area contributed by atoms with Crippen molar-refractivity contribution in [2.24, 2.45) is 55.8 Å². The van der Waals surface area contributed by atoms with Crippen molar-refractivity contribution in [2.75, 3.05) is 6.61 Å². The van der Waals surface area contributed by atoms with Crippen molar-refractivity contribution in [2.45, 2.75) is 163 Å². The van der Waals surface area contributed by atoms with E-state index in [1.165, 1.54) is 0 Å². The van der Waals surface area contributed by atoms with Crippen LogP contribution >= 0.6 is 0 Å². The third kappa shape index (κ3) is 17.1. The first-order valence-electron chi connectivity index (χ1n) is 44.0. The second kappa shape index (κ2) is 32.2. The minimum atomic E-state index is -3.15. The molecule has 1 unspecified atom stereocenters. The summed E-state index contributed by atoms with van der Waals surface area (Å²) in [5.74, 6) is -0.750. The van der Waals surface area contributed by atoms with E-state index in [-0.39, 0.29) is 76.1 Å². The Kier molecular flexibility index (Phi) is 11.8. The highest BCUT2D eigenvalue weighted by Crippen LogP contribution is 2.09. The molecule has 0 radical (unpaired) electrons. The summed E-state index contributed by atoms with van der Waals surface area (Å²) in [7, 11) is 0. The van der Waals surface area contributed by atoms with Gasteiger partial charge in [-0.05, 0) is 105 Å². The molecule has 0 fully saturated rings. The van der Waals surface area contributed by atoms with Gasteiger partial charge in [0.2, 0.25) is 1.43 Å². The molecule has 8 aromatic heterocycles. The second-order valence-electron chi connectivity index (χ2n) is 16.9. The molecule has 8 rings (SSSR count). The number of nitrogens with zero attached hydrogens (tertiary/aromatic N) is 16. The number of hydrogen-bond donors (Lipinski definition) is 4. The molecule has 29 nitrogen and oxygen atoms in total. The van der Waals surface area contributed by atoms with Crippen molar-refractivity contribution in [3.63, 3.8) is 0 Å². The van der Waals surface area contributed by atoms with Gasteiger partial charge < -0.3 is 43.5 Å². The number of Topliss-reactive ketones (excluding diaryl/α,β-unsaturated/α-hetero) is 1. The van der Waals surface area contributed by atoms with Crippen molar-refractivity contribution in [3.8, 4) is 0 Å². The largest absolute Gasteiger partial charge is 0.397 e. The molecule has 84 heavy (non-hydrogen) atoms. The van der Waals surface area contributed by atoms with Gasteiger partial charge in [-0.25, -0.2) is 39.1 Å². The number of ketones is 1. The number of carbonyl (C=O) groups is 1. The third-order valence-electron chi connectivity index (χ3n) is 10.8. The summed E-state index contributed by atoms with van der Waals surface area (Å²) >= 11 is 0. The average molecular weight is 1220 g/mol. The number of aryl methyl sites for hydroxylation is 8. The molecular formula is C55H88N16O13. The zero-order valence-corrected chi connectivity index (χ0v) is 44.8. The molecular weight excluding hydrogens is 1090 g/mol. The molecule has 466 valence electrons. The van der Waals surface area contributed by atoms with Crippen LogP contribution in [-0.4, -0.2) is 127 Å². The fourth-order valence-corrected chi connectivity index (χ4v) is 7.10. The summed E-state index contributed by atoms with van der Waals surface area (Å²) in [5.41, 5.74) is -16.2. The highest BCUT2D eigenvalue weighted by molar-refractivity contribution is 5.75. The zero-order valence-electron chi connectivity index (χ0n) is 84.8. The maximum atomic E-state index is 12.9. The minimum absolute atomic E-state index is 0. The number of rotatable bonds is 21. The lowest BCUT2D eigenvalue weighted by atomic mass is 10.2. The molecule has 4 N–H and O–H groups in total.